The molecule has 0 saturated heterocycles. The normalized spacial score (nSPS) is 15.5. The molecule has 0 amide bonds. The molecule has 2 unspecified atom stereocenters. The summed E-state index contributed by atoms with van der Waals surface area (Å²) in [6, 6.07) is 0. The third kappa shape index (κ3) is 2.50. The predicted octanol–water partition coefficient (Wildman–Crippen LogP) is 0.443. The molecule has 5 heteroatoms. The van der Waals surface area contributed by atoms with Gasteiger partial charge in [0.1, 0.15) is 6.10 Å². The van der Waals surface area contributed by atoms with Crippen LogP contribution in [0.1, 0.15) is 23.8 Å². The van der Waals surface area contributed by atoms with Gasteiger partial charge >= 0.3 is 0 Å². The Bertz CT molecular complexity index is 301. The Labute approximate surface area is 89.0 Å². The van der Waals surface area contributed by atoms with E-state index in [2.05, 4.69) is 17.7 Å². The average molecular weight is 216 g/mol. The number of aliphatic hydroxyl groups is 2. The Hall–Kier alpha value is -0.520. The van der Waals surface area contributed by atoms with Gasteiger partial charge in [-0.25, -0.2) is 0 Å². The molecule has 0 aliphatic carbocycles. The van der Waals surface area contributed by atoms with Gasteiger partial charge in [0.25, 0.3) is 0 Å². The SMILES string of the molecule is Cc1nn(C)cc1C(O)C(O)CCS. The van der Waals surface area contributed by atoms with Crippen LogP contribution in [0.25, 0.3) is 0 Å². The van der Waals surface area contributed by atoms with Gasteiger partial charge in [-0.1, -0.05) is 0 Å². The van der Waals surface area contributed by atoms with Crippen molar-refractivity contribution in [2.75, 3.05) is 5.75 Å². The third-order valence-corrected chi connectivity index (χ3v) is 2.42. The Morgan fingerprint density at radius 3 is 2.64 bits per heavy atom. The standard InChI is InChI=1S/C9H16N2O2S/c1-6-7(5-11(2)10-6)9(13)8(12)3-4-14/h5,8-9,12-14H,3-4H2,1-2H3. The molecule has 1 rings (SSSR count). The van der Waals surface area contributed by atoms with E-state index in [9.17, 15) is 10.2 Å². The Balaban J connectivity index is 2.77. The second-order valence-electron chi connectivity index (χ2n) is 3.37. The molecule has 0 spiro atoms. The summed E-state index contributed by atoms with van der Waals surface area (Å²) in [6.45, 7) is 1.81. The third-order valence-electron chi connectivity index (χ3n) is 2.16. The molecule has 4 nitrogen and oxygen atoms in total. The van der Waals surface area contributed by atoms with Crippen LogP contribution in [0.3, 0.4) is 0 Å². The van der Waals surface area contributed by atoms with E-state index in [-0.39, 0.29) is 0 Å². The van der Waals surface area contributed by atoms with Crippen molar-refractivity contribution in [3.63, 3.8) is 0 Å². The summed E-state index contributed by atoms with van der Waals surface area (Å²) < 4.78 is 1.63. The molecule has 1 heterocycles. The first-order valence-corrected chi connectivity index (χ1v) is 5.16. The van der Waals surface area contributed by atoms with Crippen molar-refractivity contribution in [3.8, 4) is 0 Å². The highest BCUT2D eigenvalue weighted by Crippen LogP contribution is 2.21. The summed E-state index contributed by atoms with van der Waals surface area (Å²) in [5.74, 6) is 0.553. The molecule has 0 saturated carbocycles. The summed E-state index contributed by atoms with van der Waals surface area (Å²) in [4.78, 5) is 0. The lowest BCUT2D eigenvalue weighted by Crippen LogP contribution is -2.18. The first-order chi connectivity index (χ1) is 6.56. The van der Waals surface area contributed by atoms with Crippen molar-refractivity contribution >= 4 is 12.6 Å². The van der Waals surface area contributed by atoms with Crippen molar-refractivity contribution in [1.82, 2.24) is 9.78 Å². The van der Waals surface area contributed by atoms with Gasteiger partial charge in [0.05, 0.1) is 11.8 Å². The first-order valence-electron chi connectivity index (χ1n) is 4.53. The van der Waals surface area contributed by atoms with Gasteiger partial charge in [-0.05, 0) is 19.1 Å². The monoisotopic (exact) mass is 216 g/mol. The van der Waals surface area contributed by atoms with E-state index >= 15 is 0 Å². The highest BCUT2D eigenvalue weighted by Gasteiger charge is 2.21. The van der Waals surface area contributed by atoms with E-state index in [0.717, 1.165) is 5.69 Å². The minimum atomic E-state index is -0.865. The molecular weight excluding hydrogens is 200 g/mol. The maximum atomic E-state index is 9.78. The van der Waals surface area contributed by atoms with Gasteiger partial charge in [-0.2, -0.15) is 17.7 Å². The Morgan fingerprint density at radius 2 is 2.21 bits per heavy atom. The van der Waals surface area contributed by atoms with Crippen molar-refractivity contribution in [2.24, 2.45) is 7.05 Å². The number of aryl methyl sites for hydroxylation is 2. The topological polar surface area (TPSA) is 58.3 Å². The maximum Gasteiger partial charge on any atom is 0.108 e. The molecule has 2 N–H and O–H groups in total. The lowest BCUT2D eigenvalue weighted by atomic mass is 10.0. The number of aromatic nitrogens is 2. The number of thiol groups is 1. The fourth-order valence-electron chi connectivity index (χ4n) is 1.41. The molecule has 14 heavy (non-hydrogen) atoms. The fraction of sp³-hybridized carbons (Fsp3) is 0.667. The summed E-state index contributed by atoms with van der Waals surface area (Å²) in [5.41, 5.74) is 1.43. The first kappa shape index (κ1) is 11.6. The second kappa shape index (κ2) is 4.82. The van der Waals surface area contributed by atoms with Gasteiger partial charge < -0.3 is 10.2 Å². The van der Waals surface area contributed by atoms with Gasteiger partial charge in [0, 0.05) is 18.8 Å². The molecule has 1 aromatic heterocycles. The molecule has 0 fully saturated rings. The van der Waals surface area contributed by atoms with E-state index in [1.54, 1.807) is 17.9 Å². The van der Waals surface area contributed by atoms with Crippen LogP contribution in [0.5, 0.6) is 0 Å². The van der Waals surface area contributed by atoms with Crippen LogP contribution in [0.15, 0.2) is 6.20 Å². The van der Waals surface area contributed by atoms with Crippen LogP contribution in [-0.4, -0.2) is 31.9 Å². The number of nitrogens with zero attached hydrogens (tertiary/aromatic N) is 2. The maximum absolute atomic E-state index is 9.78. The van der Waals surface area contributed by atoms with Gasteiger partial charge in [0.15, 0.2) is 0 Å². The van der Waals surface area contributed by atoms with Crippen LogP contribution in [0, 0.1) is 6.92 Å². The van der Waals surface area contributed by atoms with Crippen LogP contribution >= 0.6 is 12.6 Å². The fourth-order valence-corrected chi connectivity index (χ4v) is 1.67. The van der Waals surface area contributed by atoms with Gasteiger partial charge in [0.2, 0.25) is 0 Å². The van der Waals surface area contributed by atoms with Crippen LogP contribution < -0.4 is 0 Å². The zero-order valence-corrected chi connectivity index (χ0v) is 9.28. The largest absolute Gasteiger partial charge is 0.390 e. The van der Waals surface area contributed by atoms with E-state index in [1.807, 2.05) is 6.92 Å². The molecule has 0 bridgehead atoms. The van der Waals surface area contributed by atoms with E-state index in [4.69, 9.17) is 0 Å². The lowest BCUT2D eigenvalue weighted by Gasteiger charge is -2.15. The number of hydrogen-bond donors (Lipinski definition) is 3. The van der Waals surface area contributed by atoms with E-state index < -0.39 is 12.2 Å². The highest BCUT2D eigenvalue weighted by atomic mass is 32.1. The molecule has 0 aliphatic rings. The van der Waals surface area contributed by atoms with Crippen LogP contribution in [0.4, 0.5) is 0 Å². The highest BCUT2D eigenvalue weighted by molar-refractivity contribution is 7.80. The average Bonchev–Trinajstić information content (AvgIpc) is 2.44. The molecule has 0 radical (unpaired) electrons. The zero-order valence-electron chi connectivity index (χ0n) is 8.38. The van der Waals surface area contributed by atoms with E-state index in [1.165, 1.54) is 0 Å². The molecule has 80 valence electrons. The minimum Gasteiger partial charge on any atom is -0.390 e. The lowest BCUT2D eigenvalue weighted by molar-refractivity contribution is 0.0168. The minimum absolute atomic E-state index is 0.471. The van der Waals surface area contributed by atoms with Gasteiger partial charge in [-0.15, -0.1) is 0 Å². The molecule has 2 atom stereocenters. The quantitative estimate of drug-likeness (QED) is 0.640. The predicted molar refractivity (Wildman–Crippen MR) is 57.4 cm³/mol. The second-order valence-corrected chi connectivity index (χ2v) is 3.82. The Morgan fingerprint density at radius 1 is 1.57 bits per heavy atom. The summed E-state index contributed by atoms with van der Waals surface area (Å²) in [6.07, 6.45) is 0.562. The van der Waals surface area contributed by atoms with Gasteiger partial charge in [-0.3, -0.25) is 4.68 Å². The molecule has 0 aromatic carbocycles. The van der Waals surface area contributed by atoms with Crippen molar-refractivity contribution in [2.45, 2.75) is 25.6 Å². The van der Waals surface area contributed by atoms with E-state index in [0.29, 0.717) is 17.7 Å². The molecule has 1 aromatic rings. The van der Waals surface area contributed by atoms with Crippen LogP contribution in [-0.2, 0) is 7.05 Å². The zero-order chi connectivity index (χ0) is 10.7. The Kier molecular flexibility index (Phi) is 3.97. The summed E-state index contributed by atoms with van der Waals surface area (Å²) in [7, 11) is 1.79. The summed E-state index contributed by atoms with van der Waals surface area (Å²) in [5, 5.41) is 23.4. The number of hydrogen-bond acceptors (Lipinski definition) is 4. The smallest absolute Gasteiger partial charge is 0.108 e. The summed E-state index contributed by atoms with van der Waals surface area (Å²) >= 11 is 4.01. The molecular formula is C9H16N2O2S. The van der Waals surface area contributed by atoms with Crippen molar-refractivity contribution in [3.05, 3.63) is 17.5 Å². The van der Waals surface area contributed by atoms with Crippen LogP contribution in [0.2, 0.25) is 0 Å². The molecule has 0 aliphatic heterocycles. The number of aliphatic hydroxyl groups excluding tert-OH is 2. The van der Waals surface area contributed by atoms with Crippen molar-refractivity contribution < 1.29 is 10.2 Å². The number of rotatable bonds is 4. The van der Waals surface area contributed by atoms with Crippen molar-refractivity contribution in [1.29, 1.82) is 0 Å².